The minimum atomic E-state index is -1.46. The Morgan fingerprint density at radius 3 is 2.29 bits per heavy atom. The number of ether oxygens (including phenoxy) is 1. The van der Waals surface area contributed by atoms with Crippen LogP contribution in [0.5, 0.6) is 0 Å². The monoisotopic (exact) mass is 307 g/mol. The van der Waals surface area contributed by atoms with Gasteiger partial charge in [-0.2, -0.15) is 0 Å². The normalized spacial score (nSPS) is 38.4. The lowest BCUT2D eigenvalue weighted by Crippen LogP contribution is -2.58. The van der Waals surface area contributed by atoms with Gasteiger partial charge in [0.15, 0.2) is 0 Å². The molecule has 0 aliphatic carbocycles. The summed E-state index contributed by atoms with van der Waals surface area (Å²) in [6.45, 7) is 1.18. The smallest absolute Gasteiger partial charge is 0.112 e. The van der Waals surface area contributed by atoms with E-state index in [9.17, 15) is 25.5 Å². The quantitative estimate of drug-likeness (QED) is 0.253. The third kappa shape index (κ3) is 4.44. The Kier molecular flexibility index (Phi) is 7.17. The van der Waals surface area contributed by atoms with Gasteiger partial charge in [0.25, 0.3) is 0 Å². The van der Waals surface area contributed by atoms with Gasteiger partial charge in [-0.3, -0.25) is 0 Å². The molecule has 8 heteroatoms. The second-order valence-corrected chi connectivity index (χ2v) is 5.22. The minimum Gasteiger partial charge on any atom is -0.394 e. The first-order valence-corrected chi connectivity index (χ1v) is 6.94. The number of hydrogen-bond donors (Lipinski definition) is 7. The van der Waals surface area contributed by atoms with Gasteiger partial charge in [0.2, 0.25) is 0 Å². The van der Waals surface area contributed by atoms with E-state index in [1.54, 1.807) is 6.92 Å². The van der Waals surface area contributed by atoms with Gasteiger partial charge in [0.1, 0.15) is 30.5 Å². The molecule has 8 nitrogen and oxygen atoms in total. The Morgan fingerprint density at radius 2 is 1.76 bits per heavy atom. The van der Waals surface area contributed by atoms with E-state index in [2.05, 4.69) is 0 Å². The van der Waals surface area contributed by atoms with E-state index in [1.165, 1.54) is 12.2 Å². The van der Waals surface area contributed by atoms with Crippen LogP contribution in [-0.2, 0) is 4.74 Å². The van der Waals surface area contributed by atoms with Crippen LogP contribution < -0.4 is 5.73 Å². The van der Waals surface area contributed by atoms with Crippen LogP contribution >= 0.6 is 0 Å². The van der Waals surface area contributed by atoms with Crippen molar-refractivity contribution < 1.29 is 35.4 Å². The van der Waals surface area contributed by atoms with Crippen LogP contribution in [0.25, 0.3) is 0 Å². The van der Waals surface area contributed by atoms with Crippen molar-refractivity contribution >= 4 is 0 Å². The Hall–Kier alpha value is -0.580. The highest BCUT2D eigenvalue weighted by Gasteiger charge is 2.42. The van der Waals surface area contributed by atoms with Crippen molar-refractivity contribution in [3.63, 3.8) is 0 Å². The molecule has 0 spiro atoms. The van der Waals surface area contributed by atoms with E-state index in [0.717, 1.165) is 0 Å². The van der Waals surface area contributed by atoms with Gasteiger partial charge >= 0.3 is 0 Å². The van der Waals surface area contributed by atoms with Crippen molar-refractivity contribution in [2.45, 2.75) is 62.1 Å². The average Bonchev–Trinajstić information content (AvgIpc) is 2.50. The molecular weight excluding hydrogens is 282 g/mol. The molecule has 1 aliphatic rings. The molecule has 0 bridgehead atoms. The summed E-state index contributed by atoms with van der Waals surface area (Å²) < 4.78 is 5.25. The Balaban J connectivity index is 2.69. The highest BCUT2D eigenvalue weighted by atomic mass is 16.5. The van der Waals surface area contributed by atoms with Crippen LogP contribution in [0.2, 0.25) is 0 Å². The van der Waals surface area contributed by atoms with Crippen molar-refractivity contribution in [1.29, 1.82) is 0 Å². The predicted octanol–water partition coefficient (Wildman–Crippen LogP) is -3.16. The molecule has 0 radical (unpaired) electrons. The van der Waals surface area contributed by atoms with Gasteiger partial charge < -0.3 is 41.1 Å². The molecule has 1 fully saturated rings. The van der Waals surface area contributed by atoms with E-state index >= 15 is 0 Å². The summed E-state index contributed by atoms with van der Waals surface area (Å²) in [5.41, 5.74) is 5.69. The maximum absolute atomic E-state index is 9.81. The third-order valence-electron chi connectivity index (χ3n) is 3.66. The van der Waals surface area contributed by atoms with Gasteiger partial charge in [0.05, 0.1) is 24.9 Å². The fourth-order valence-electron chi connectivity index (χ4n) is 2.14. The molecule has 8 N–H and O–H groups in total. The topological polar surface area (TPSA) is 157 Å². The van der Waals surface area contributed by atoms with Crippen molar-refractivity contribution in [3.8, 4) is 0 Å². The van der Waals surface area contributed by atoms with E-state index < -0.39 is 55.4 Å². The van der Waals surface area contributed by atoms with Gasteiger partial charge in [-0.15, -0.1) is 0 Å². The van der Waals surface area contributed by atoms with Crippen LogP contribution in [0.4, 0.5) is 0 Å². The molecule has 0 saturated carbocycles. The van der Waals surface area contributed by atoms with Crippen molar-refractivity contribution in [2.24, 2.45) is 5.73 Å². The maximum atomic E-state index is 9.81. The summed E-state index contributed by atoms with van der Waals surface area (Å²) in [4.78, 5) is 0. The molecule has 0 amide bonds. The molecule has 21 heavy (non-hydrogen) atoms. The average molecular weight is 307 g/mol. The van der Waals surface area contributed by atoms with Crippen LogP contribution in [0.3, 0.4) is 0 Å². The van der Waals surface area contributed by atoms with Crippen molar-refractivity contribution in [3.05, 3.63) is 12.2 Å². The number of rotatable bonds is 6. The van der Waals surface area contributed by atoms with Crippen LogP contribution in [-0.4, -0.2) is 86.0 Å². The number of aliphatic hydroxyl groups is 6. The molecule has 0 aromatic carbocycles. The fourth-order valence-corrected chi connectivity index (χ4v) is 2.14. The van der Waals surface area contributed by atoms with Crippen LogP contribution in [0.1, 0.15) is 13.3 Å². The Bertz CT molecular complexity index is 338. The summed E-state index contributed by atoms with van der Waals surface area (Å²) in [5, 5.41) is 57.3. The zero-order valence-electron chi connectivity index (χ0n) is 11.9. The number of aliphatic hydroxyl groups excluding tert-OH is 6. The number of nitrogens with two attached hydrogens (primary N) is 1. The van der Waals surface area contributed by atoms with Crippen LogP contribution in [0.15, 0.2) is 12.2 Å². The lowest BCUT2D eigenvalue weighted by molar-refractivity contribution is -0.216. The summed E-state index contributed by atoms with van der Waals surface area (Å²) in [6.07, 6.45) is -5.39. The first-order chi connectivity index (χ1) is 9.83. The molecular formula is C13H25NO7. The Morgan fingerprint density at radius 1 is 1.14 bits per heavy atom. The molecule has 1 saturated heterocycles. The highest BCUT2D eigenvalue weighted by Crippen LogP contribution is 2.22. The van der Waals surface area contributed by atoms with E-state index in [1.807, 2.05) is 0 Å². The van der Waals surface area contributed by atoms with E-state index in [4.69, 9.17) is 15.6 Å². The zero-order valence-corrected chi connectivity index (χ0v) is 11.9. The summed E-state index contributed by atoms with van der Waals surface area (Å²) in [6, 6.07) is -0.882. The predicted molar refractivity (Wildman–Crippen MR) is 73.2 cm³/mol. The number of hydrogen-bond acceptors (Lipinski definition) is 8. The summed E-state index contributed by atoms with van der Waals surface area (Å²) in [7, 11) is 0. The SMILES string of the molecule is CC[C@@H](O)[C@@H](O)[C@@H](N)/C=C\[C@H]1OC(CO)[C@H](O)C(O)[C@@H]1O. The van der Waals surface area contributed by atoms with Crippen molar-refractivity contribution in [2.75, 3.05) is 6.61 Å². The molecule has 8 atom stereocenters. The highest BCUT2D eigenvalue weighted by molar-refractivity contribution is 5.06. The first kappa shape index (κ1) is 18.5. The van der Waals surface area contributed by atoms with Gasteiger partial charge in [-0.25, -0.2) is 0 Å². The standard InChI is InChI=1S/C13H25NO7/c1-2-7(16)10(17)6(14)3-4-8-11(18)13(20)12(19)9(5-15)21-8/h3-4,6-13,15-20H,2,5,14H2,1H3/b4-3-/t6-,7+,8+,9?,10-,11+,12-,13?/m0/s1. The minimum absolute atomic E-state index is 0.336. The fraction of sp³-hybridized carbons (Fsp3) is 0.846. The van der Waals surface area contributed by atoms with Gasteiger partial charge in [0, 0.05) is 0 Å². The Labute approximate surface area is 123 Å². The largest absolute Gasteiger partial charge is 0.394 e. The first-order valence-electron chi connectivity index (χ1n) is 6.94. The second kappa shape index (κ2) is 8.16. The van der Waals surface area contributed by atoms with Crippen molar-refractivity contribution in [1.82, 2.24) is 0 Å². The lowest BCUT2D eigenvalue weighted by Gasteiger charge is -2.39. The molecule has 0 aromatic rings. The molecule has 0 aromatic heterocycles. The lowest BCUT2D eigenvalue weighted by atomic mass is 9.94. The molecule has 2 unspecified atom stereocenters. The second-order valence-electron chi connectivity index (χ2n) is 5.22. The zero-order chi connectivity index (χ0) is 16.2. The van der Waals surface area contributed by atoms with Gasteiger partial charge in [-0.1, -0.05) is 19.1 Å². The van der Waals surface area contributed by atoms with Crippen LogP contribution in [0, 0.1) is 0 Å². The molecule has 1 rings (SSSR count). The summed E-state index contributed by atoms with van der Waals surface area (Å²) in [5.74, 6) is 0. The molecule has 1 aliphatic heterocycles. The third-order valence-corrected chi connectivity index (χ3v) is 3.66. The molecule has 124 valence electrons. The maximum Gasteiger partial charge on any atom is 0.112 e. The van der Waals surface area contributed by atoms with Gasteiger partial charge in [-0.05, 0) is 6.42 Å². The van der Waals surface area contributed by atoms with E-state index in [-0.39, 0.29) is 0 Å². The summed E-state index contributed by atoms with van der Waals surface area (Å²) >= 11 is 0. The van der Waals surface area contributed by atoms with E-state index in [0.29, 0.717) is 6.42 Å². The molecule has 1 heterocycles.